The molecule has 0 saturated carbocycles. The van der Waals surface area contributed by atoms with Crippen LogP contribution in [0.3, 0.4) is 0 Å². The SMILES string of the molecule is CCOC1=CC(=O)C(/C=N/C(N)=O)C(C)(C)C1. The van der Waals surface area contributed by atoms with E-state index in [4.69, 9.17) is 10.5 Å². The van der Waals surface area contributed by atoms with Gasteiger partial charge in [-0.25, -0.2) is 9.79 Å². The number of nitrogens with zero attached hydrogens (tertiary/aromatic N) is 1. The summed E-state index contributed by atoms with van der Waals surface area (Å²) in [6, 6.07) is -0.784. The number of urea groups is 1. The lowest BCUT2D eigenvalue weighted by atomic mass is 9.71. The lowest BCUT2D eigenvalue weighted by Gasteiger charge is -2.34. The molecule has 0 radical (unpaired) electrons. The fraction of sp³-hybridized carbons (Fsp3) is 0.583. The molecule has 1 unspecified atom stereocenters. The summed E-state index contributed by atoms with van der Waals surface area (Å²) in [7, 11) is 0. The summed E-state index contributed by atoms with van der Waals surface area (Å²) in [6.45, 7) is 6.29. The Morgan fingerprint density at radius 2 is 2.35 bits per heavy atom. The van der Waals surface area contributed by atoms with Crippen LogP contribution in [0.5, 0.6) is 0 Å². The average molecular weight is 238 g/mol. The van der Waals surface area contributed by atoms with Crippen LogP contribution in [0.15, 0.2) is 16.8 Å². The summed E-state index contributed by atoms with van der Waals surface area (Å²) in [4.78, 5) is 26.0. The lowest BCUT2D eigenvalue weighted by Crippen LogP contribution is -2.36. The van der Waals surface area contributed by atoms with Gasteiger partial charge >= 0.3 is 6.03 Å². The Morgan fingerprint density at radius 1 is 1.71 bits per heavy atom. The third kappa shape index (κ3) is 3.41. The van der Waals surface area contributed by atoms with Gasteiger partial charge in [-0.15, -0.1) is 0 Å². The molecule has 0 fully saturated rings. The van der Waals surface area contributed by atoms with Crippen molar-refractivity contribution >= 4 is 18.0 Å². The van der Waals surface area contributed by atoms with Crippen molar-refractivity contribution in [3.05, 3.63) is 11.8 Å². The van der Waals surface area contributed by atoms with Crippen molar-refractivity contribution in [2.24, 2.45) is 22.1 Å². The topological polar surface area (TPSA) is 81.8 Å². The highest BCUT2D eigenvalue weighted by molar-refractivity contribution is 6.05. The second-order valence-corrected chi connectivity index (χ2v) is 4.71. The van der Waals surface area contributed by atoms with Crippen LogP contribution < -0.4 is 5.73 Å². The summed E-state index contributed by atoms with van der Waals surface area (Å²) < 4.78 is 5.37. The van der Waals surface area contributed by atoms with E-state index in [2.05, 4.69) is 4.99 Å². The number of carbonyl (C=O) groups is 2. The standard InChI is InChI=1S/C12H18N2O3/c1-4-17-8-5-10(15)9(7-14-11(13)16)12(2,3)6-8/h5,7,9H,4,6H2,1-3H3,(H2,13,16)/b14-7+. The average Bonchev–Trinajstić information content (AvgIpc) is 2.14. The maximum absolute atomic E-state index is 11.9. The van der Waals surface area contributed by atoms with Crippen LogP contribution in [0.2, 0.25) is 0 Å². The first kappa shape index (κ1) is 13.4. The number of carbonyl (C=O) groups excluding carboxylic acids is 2. The largest absolute Gasteiger partial charge is 0.498 e. The predicted molar refractivity (Wildman–Crippen MR) is 64.7 cm³/mol. The van der Waals surface area contributed by atoms with Crippen molar-refractivity contribution in [3.63, 3.8) is 0 Å². The van der Waals surface area contributed by atoms with Crippen molar-refractivity contribution in [3.8, 4) is 0 Å². The molecule has 0 aromatic carbocycles. The lowest BCUT2D eigenvalue weighted by molar-refractivity contribution is -0.120. The molecular weight excluding hydrogens is 220 g/mol. The molecular formula is C12H18N2O3. The molecule has 0 aromatic heterocycles. The molecule has 0 aromatic rings. The van der Waals surface area contributed by atoms with Gasteiger partial charge in [0.15, 0.2) is 5.78 Å². The molecule has 1 aliphatic rings. The van der Waals surface area contributed by atoms with Gasteiger partial charge < -0.3 is 10.5 Å². The fourth-order valence-electron chi connectivity index (χ4n) is 1.94. The number of allylic oxidation sites excluding steroid dienone is 2. The Labute approximate surface area is 101 Å². The Balaban J connectivity index is 2.93. The van der Waals surface area contributed by atoms with Gasteiger partial charge in [-0.2, -0.15) is 0 Å². The molecule has 17 heavy (non-hydrogen) atoms. The molecule has 1 rings (SSSR count). The molecule has 0 saturated heterocycles. The summed E-state index contributed by atoms with van der Waals surface area (Å²) in [6.07, 6.45) is 3.46. The van der Waals surface area contributed by atoms with Gasteiger partial charge in [-0.1, -0.05) is 13.8 Å². The van der Waals surface area contributed by atoms with Crippen molar-refractivity contribution in [1.82, 2.24) is 0 Å². The molecule has 1 atom stereocenters. The minimum absolute atomic E-state index is 0.102. The van der Waals surface area contributed by atoms with Crippen molar-refractivity contribution in [1.29, 1.82) is 0 Å². The highest BCUT2D eigenvalue weighted by Gasteiger charge is 2.38. The molecule has 2 amide bonds. The van der Waals surface area contributed by atoms with E-state index in [9.17, 15) is 9.59 Å². The van der Waals surface area contributed by atoms with Gasteiger partial charge in [-0.05, 0) is 12.3 Å². The molecule has 0 bridgehead atoms. The van der Waals surface area contributed by atoms with E-state index in [1.165, 1.54) is 12.3 Å². The Morgan fingerprint density at radius 3 is 2.82 bits per heavy atom. The first-order valence-electron chi connectivity index (χ1n) is 5.57. The van der Waals surface area contributed by atoms with E-state index in [-0.39, 0.29) is 11.2 Å². The van der Waals surface area contributed by atoms with Gasteiger partial charge in [0.1, 0.15) is 5.76 Å². The van der Waals surface area contributed by atoms with E-state index < -0.39 is 11.9 Å². The predicted octanol–water partition coefficient (Wildman–Crippen LogP) is 1.67. The third-order valence-corrected chi connectivity index (χ3v) is 2.76. The Hall–Kier alpha value is -1.65. The molecule has 0 heterocycles. The van der Waals surface area contributed by atoms with Crippen LogP contribution in [0.4, 0.5) is 4.79 Å². The number of primary amides is 1. The van der Waals surface area contributed by atoms with Crippen LogP contribution in [-0.4, -0.2) is 24.6 Å². The second kappa shape index (κ2) is 5.12. The molecule has 1 aliphatic carbocycles. The highest BCUT2D eigenvalue weighted by Crippen LogP contribution is 2.38. The zero-order valence-electron chi connectivity index (χ0n) is 10.4. The van der Waals surface area contributed by atoms with E-state index in [0.29, 0.717) is 18.8 Å². The smallest absolute Gasteiger partial charge is 0.337 e. The number of aliphatic imine (C=N–C) groups is 1. The zero-order chi connectivity index (χ0) is 13.1. The van der Waals surface area contributed by atoms with Crippen LogP contribution >= 0.6 is 0 Å². The van der Waals surface area contributed by atoms with E-state index in [1.54, 1.807) is 0 Å². The first-order chi connectivity index (χ1) is 7.86. The summed E-state index contributed by atoms with van der Waals surface area (Å²) >= 11 is 0. The monoisotopic (exact) mass is 238 g/mol. The number of ether oxygens (including phenoxy) is 1. The minimum Gasteiger partial charge on any atom is -0.498 e. The number of hydrogen-bond donors (Lipinski definition) is 1. The quantitative estimate of drug-likeness (QED) is 0.759. The van der Waals surface area contributed by atoms with E-state index in [0.717, 1.165) is 0 Å². The van der Waals surface area contributed by atoms with E-state index >= 15 is 0 Å². The van der Waals surface area contributed by atoms with Gasteiger partial charge in [0.05, 0.1) is 12.5 Å². The Kier molecular flexibility index (Phi) is 4.04. The van der Waals surface area contributed by atoms with Crippen molar-refractivity contribution in [2.75, 3.05) is 6.61 Å². The molecule has 5 nitrogen and oxygen atoms in total. The Bertz CT molecular complexity index is 383. The molecule has 0 aliphatic heterocycles. The summed E-state index contributed by atoms with van der Waals surface area (Å²) in [5.74, 6) is 0.153. The van der Waals surface area contributed by atoms with Crippen LogP contribution in [-0.2, 0) is 9.53 Å². The maximum Gasteiger partial charge on any atom is 0.337 e. The molecule has 5 heteroatoms. The fourth-order valence-corrected chi connectivity index (χ4v) is 1.94. The van der Waals surface area contributed by atoms with Crippen LogP contribution in [0, 0.1) is 11.3 Å². The normalized spacial score (nSPS) is 23.6. The first-order valence-corrected chi connectivity index (χ1v) is 5.57. The number of ketones is 1. The van der Waals surface area contributed by atoms with Gasteiger partial charge in [0.25, 0.3) is 0 Å². The number of amides is 2. The minimum atomic E-state index is -0.784. The summed E-state index contributed by atoms with van der Waals surface area (Å²) in [5, 5.41) is 0. The zero-order valence-corrected chi connectivity index (χ0v) is 10.4. The number of nitrogens with two attached hydrogens (primary N) is 1. The number of rotatable bonds is 3. The summed E-state index contributed by atoms with van der Waals surface area (Å²) in [5.41, 5.74) is 4.61. The highest BCUT2D eigenvalue weighted by atomic mass is 16.5. The third-order valence-electron chi connectivity index (χ3n) is 2.76. The molecule has 2 N–H and O–H groups in total. The van der Waals surface area contributed by atoms with Crippen LogP contribution in [0.1, 0.15) is 27.2 Å². The van der Waals surface area contributed by atoms with Gasteiger partial charge in [0, 0.05) is 18.7 Å². The molecule has 0 spiro atoms. The van der Waals surface area contributed by atoms with Crippen LogP contribution in [0.25, 0.3) is 0 Å². The van der Waals surface area contributed by atoms with E-state index in [1.807, 2.05) is 20.8 Å². The molecule has 94 valence electrons. The maximum atomic E-state index is 11.9. The number of hydrogen-bond acceptors (Lipinski definition) is 3. The van der Waals surface area contributed by atoms with Gasteiger partial charge in [-0.3, -0.25) is 4.79 Å². The second-order valence-electron chi connectivity index (χ2n) is 4.71. The van der Waals surface area contributed by atoms with Crippen molar-refractivity contribution < 1.29 is 14.3 Å². The van der Waals surface area contributed by atoms with Crippen molar-refractivity contribution in [2.45, 2.75) is 27.2 Å². The van der Waals surface area contributed by atoms with Gasteiger partial charge in [0.2, 0.25) is 0 Å².